The van der Waals surface area contributed by atoms with Crippen LogP contribution in [0.25, 0.3) is 0 Å². The maximum Gasteiger partial charge on any atom is 0.397 e. The number of rotatable bonds is 16. The van der Waals surface area contributed by atoms with Crippen molar-refractivity contribution in [2.24, 2.45) is 0 Å². The van der Waals surface area contributed by atoms with Crippen molar-refractivity contribution in [1.82, 2.24) is 9.34 Å². The number of hydrogen-bond acceptors (Lipinski definition) is 9. The molecule has 0 heterocycles. The summed E-state index contributed by atoms with van der Waals surface area (Å²) >= 11 is 5.75. The third kappa shape index (κ3) is 8.82. The van der Waals surface area contributed by atoms with Gasteiger partial charge in [-0.25, -0.2) is 13.2 Å². The molecule has 244 valence electrons. The highest BCUT2D eigenvalue weighted by Crippen LogP contribution is 2.57. The number of non-ortho nitro benzene ring substituents is 1. The van der Waals surface area contributed by atoms with Gasteiger partial charge in [0.05, 0.1) is 9.82 Å². The van der Waals surface area contributed by atoms with E-state index in [-0.39, 0.29) is 23.6 Å². The van der Waals surface area contributed by atoms with E-state index in [2.05, 4.69) is 0 Å². The molecule has 1 aromatic rings. The molecule has 3 unspecified atom stereocenters. The lowest BCUT2D eigenvalue weighted by molar-refractivity contribution is -0.384. The molecule has 1 fully saturated rings. The van der Waals surface area contributed by atoms with Crippen LogP contribution in [0.5, 0.6) is 0 Å². The number of benzene rings is 1. The lowest BCUT2D eigenvalue weighted by Gasteiger charge is -2.49. The predicted molar refractivity (Wildman–Crippen MR) is 167 cm³/mol. The summed E-state index contributed by atoms with van der Waals surface area (Å²) in [5.41, 5.74) is -0.283. The summed E-state index contributed by atoms with van der Waals surface area (Å²) in [6.07, 6.45) is 5.48. The number of esters is 1. The molecule has 1 aromatic carbocycles. The highest BCUT2D eigenvalue weighted by atomic mass is 32.5. The van der Waals surface area contributed by atoms with Gasteiger partial charge in [0.25, 0.3) is 5.69 Å². The molecule has 1 aliphatic carbocycles. The van der Waals surface area contributed by atoms with Crippen LogP contribution in [0.15, 0.2) is 29.2 Å². The van der Waals surface area contributed by atoms with Gasteiger partial charge in [-0.2, -0.15) is 4.67 Å². The van der Waals surface area contributed by atoms with Crippen molar-refractivity contribution in [3.05, 3.63) is 34.4 Å². The molecule has 15 heteroatoms. The molecule has 0 aromatic heterocycles. The normalized spacial score (nSPS) is 17.9. The minimum absolute atomic E-state index is 0.0306. The lowest BCUT2D eigenvalue weighted by Crippen LogP contribution is -2.57. The second-order valence-corrected chi connectivity index (χ2v) is 16.8. The molecule has 0 spiro atoms. The van der Waals surface area contributed by atoms with E-state index in [4.69, 9.17) is 21.3 Å². The minimum Gasteiger partial charge on any atom is -0.455 e. The summed E-state index contributed by atoms with van der Waals surface area (Å²) in [6.45, 7) is 2.73. The molecule has 1 aliphatic rings. The van der Waals surface area contributed by atoms with Crippen molar-refractivity contribution in [2.75, 3.05) is 13.7 Å². The van der Waals surface area contributed by atoms with Gasteiger partial charge in [0, 0.05) is 25.8 Å². The molecule has 12 nitrogen and oxygen atoms in total. The Labute approximate surface area is 260 Å². The van der Waals surface area contributed by atoms with E-state index < -0.39 is 50.4 Å². The maximum atomic E-state index is 14.4. The van der Waals surface area contributed by atoms with Gasteiger partial charge in [0.15, 0.2) is 9.84 Å². The Bertz CT molecular complexity index is 1260. The van der Waals surface area contributed by atoms with E-state index >= 15 is 0 Å². The Morgan fingerprint density at radius 2 is 1.74 bits per heavy atom. The molecule has 3 atom stereocenters. The molecule has 1 N–H and O–H groups in total. The van der Waals surface area contributed by atoms with Crippen LogP contribution in [-0.4, -0.2) is 70.3 Å². The SMILES string of the molecule is CCCCCC(OCC)N(C(C)(CCC)S(=O)(=O)c1ccc([N+](=O)[O-])cc1)P(O)(=S)N(C)C(=O)C(=O)OC1CCCCC1. The molecule has 0 aliphatic heterocycles. The third-order valence-corrected chi connectivity index (χ3v) is 13.9. The van der Waals surface area contributed by atoms with E-state index in [0.29, 0.717) is 32.1 Å². The predicted octanol–water partition coefficient (Wildman–Crippen LogP) is 5.68. The number of hydrogen-bond donors (Lipinski definition) is 1. The van der Waals surface area contributed by atoms with Crippen LogP contribution < -0.4 is 0 Å². The second kappa shape index (κ2) is 16.4. The fourth-order valence-electron chi connectivity index (χ4n) is 5.40. The summed E-state index contributed by atoms with van der Waals surface area (Å²) in [5, 5.41) is 11.2. The standard InChI is InChI=1S/C28H46N3O9PS2/c1-6-9-11-16-25(39-8-3)30(41(36,42)29(5)26(32)27(33)40-23-14-12-10-13-15-23)28(4,21-7-2)43(37,38)24-19-17-22(18-20-24)31(34)35/h17-20,23,25H,6-16,21H2,1-5H3,(H,36,42). The summed E-state index contributed by atoms with van der Waals surface area (Å²) in [4.78, 5) is 46.9. The molecule has 0 saturated heterocycles. The lowest BCUT2D eigenvalue weighted by atomic mass is 9.98. The largest absolute Gasteiger partial charge is 0.455 e. The topological polar surface area (TPSA) is 157 Å². The first-order valence-electron chi connectivity index (χ1n) is 14.9. The minimum atomic E-state index is -4.41. The molecular formula is C28H46N3O9PS2. The summed E-state index contributed by atoms with van der Waals surface area (Å²) in [6, 6.07) is 4.47. The third-order valence-electron chi connectivity index (χ3n) is 7.79. The van der Waals surface area contributed by atoms with Crippen LogP contribution in [-0.2, 0) is 40.7 Å². The Morgan fingerprint density at radius 3 is 2.26 bits per heavy atom. The van der Waals surface area contributed by atoms with Crippen LogP contribution >= 0.6 is 6.57 Å². The van der Waals surface area contributed by atoms with Crippen molar-refractivity contribution in [3.8, 4) is 0 Å². The monoisotopic (exact) mass is 663 g/mol. The van der Waals surface area contributed by atoms with Crippen LogP contribution in [0, 0.1) is 10.1 Å². The van der Waals surface area contributed by atoms with Crippen molar-refractivity contribution < 1.29 is 37.3 Å². The maximum absolute atomic E-state index is 14.4. The smallest absolute Gasteiger partial charge is 0.397 e. The summed E-state index contributed by atoms with van der Waals surface area (Å²) in [7, 11) is -3.23. The number of nitrogens with zero attached hydrogens (tertiary/aromatic N) is 3. The van der Waals surface area contributed by atoms with Crippen molar-refractivity contribution in [3.63, 3.8) is 0 Å². The first kappa shape index (κ1) is 37.2. The van der Waals surface area contributed by atoms with Crippen LogP contribution in [0.3, 0.4) is 0 Å². The second-order valence-electron chi connectivity index (χ2n) is 10.9. The quantitative estimate of drug-likeness (QED) is 0.0441. The average Bonchev–Trinajstić information content (AvgIpc) is 2.97. The molecule has 1 amide bonds. The van der Waals surface area contributed by atoms with E-state index in [1.165, 1.54) is 18.6 Å². The van der Waals surface area contributed by atoms with Gasteiger partial charge in [-0.15, -0.1) is 0 Å². The molecule has 2 rings (SSSR count). The van der Waals surface area contributed by atoms with Crippen LogP contribution in [0.4, 0.5) is 5.69 Å². The van der Waals surface area contributed by atoms with Crippen molar-refractivity contribution in [1.29, 1.82) is 0 Å². The van der Waals surface area contributed by atoms with E-state index in [1.54, 1.807) is 13.8 Å². The molecule has 0 radical (unpaired) electrons. The van der Waals surface area contributed by atoms with Gasteiger partial charge in [0.2, 0.25) is 6.57 Å². The highest BCUT2D eigenvalue weighted by molar-refractivity contribution is 8.10. The van der Waals surface area contributed by atoms with Gasteiger partial charge in [-0.1, -0.05) is 39.5 Å². The summed E-state index contributed by atoms with van der Waals surface area (Å²) < 4.78 is 42.3. The molecule has 43 heavy (non-hydrogen) atoms. The van der Waals surface area contributed by atoms with Gasteiger partial charge >= 0.3 is 11.9 Å². The Kier molecular flexibility index (Phi) is 14.2. The van der Waals surface area contributed by atoms with Gasteiger partial charge in [-0.05, 0) is 82.7 Å². The molecule has 0 bridgehead atoms. The highest BCUT2D eigenvalue weighted by Gasteiger charge is 2.55. The fraction of sp³-hybridized carbons (Fsp3) is 0.714. The molecular weight excluding hydrogens is 617 g/mol. The number of ether oxygens (including phenoxy) is 2. The van der Waals surface area contributed by atoms with Crippen molar-refractivity contribution >= 4 is 45.8 Å². The number of carbonyl (C=O) groups excluding carboxylic acids is 2. The first-order valence-corrected chi connectivity index (χ1v) is 19.1. The Balaban J connectivity index is 2.67. The number of carbonyl (C=O) groups is 2. The van der Waals surface area contributed by atoms with Crippen LogP contribution in [0.2, 0.25) is 0 Å². The zero-order valence-electron chi connectivity index (χ0n) is 25.8. The zero-order chi connectivity index (χ0) is 32.4. The Hall–Kier alpha value is -1.96. The zero-order valence-corrected chi connectivity index (χ0v) is 28.3. The number of nitro benzene ring substituents is 1. The Morgan fingerprint density at radius 1 is 1.14 bits per heavy atom. The fourth-order valence-corrected chi connectivity index (χ4v) is 10.9. The number of sulfone groups is 1. The summed E-state index contributed by atoms with van der Waals surface area (Å²) in [5.74, 6) is -2.33. The van der Waals surface area contributed by atoms with Gasteiger partial charge in [-0.3, -0.25) is 19.6 Å². The average molecular weight is 664 g/mol. The first-order chi connectivity index (χ1) is 20.2. The van der Waals surface area contributed by atoms with E-state index in [1.807, 2.05) is 6.92 Å². The molecule has 1 saturated carbocycles. The van der Waals surface area contributed by atoms with Gasteiger partial charge in [0.1, 0.15) is 17.2 Å². The number of amides is 1. The van der Waals surface area contributed by atoms with Gasteiger partial charge < -0.3 is 14.4 Å². The van der Waals surface area contributed by atoms with E-state index in [9.17, 15) is 33.0 Å². The number of unbranched alkanes of at least 4 members (excludes halogenated alkanes) is 2. The van der Waals surface area contributed by atoms with Crippen LogP contribution in [0.1, 0.15) is 98.3 Å². The number of nitro groups is 1. The van der Waals surface area contributed by atoms with E-state index in [0.717, 1.165) is 61.0 Å². The number of likely N-dealkylation sites (N-methyl/N-ethyl adjacent to an activating group) is 1. The van der Waals surface area contributed by atoms with Crippen molar-refractivity contribution in [2.45, 2.75) is 120 Å².